The van der Waals surface area contributed by atoms with Gasteiger partial charge in [-0.2, -0.15) is 0 Å². The molecule has 0 unspecified atom stereocenters. The molecule has 0 radical (unpaired) electrons. The van der Waals surface area contributed by atoms with E-state index in [1.165, 1.54) is 5.56 Å². The van der Waals surface area contributed by atoms with Crippen molar-refractivity contribution in [3.63, 3.8) is 0 Å². The van der Waals surface area contributed by atoms with E-state index in [-0.39, 0.29) is 18.5 Å². The highest BCUT2D eigenvalue weighted by Gasteiger charge is 2.24. The second-order valence-electron chi connectivity index (χ2n) is 5.67. The van der Waals surface area contributed by atoms with Gasteiger partial charge in [0.1, 0.15) is 0 Å². The first-order valence-electron chi connectivity index (χ1n) is 8.02. The molecule has 0 aromatic heterocycles. The molecule has 0 atom stereocenters. The number of benzene rings is 1. The number of hydrogen-bond donors (Lipinski definition) is 1. The quantitative estimate of drug-likeness (QED) is 0.922. The molecule has 6 heteroatoms. The highest BCUT2D eigenvalue weighted by atomic mass is 16.6. The summed E-state index contributed by atoms with van der Waals surface area (Å²) in [5.41, 5.74) is 3.35. The lowest BCUT2D eigenvalue weighted by Gasteiger charge is -2.34. The first-order valence-corrected chi connectivity index (χ1v) is 8.02. The first kappa shape index (κ1) is 17.1. The predicted octanol–water partition coefficient (Wildman–Crippen LogP) is 2.02. The van der Waals surface area contributed by atoms with Gasteiger partial charge >= 0.3 is 6.09 Å². The maximum atomic E-state index is 12.3. The van der Waals surface area contributed by atoms with E-state index in [0.29, 0.717) is 32.8 Å². The van der Waals surface area contributed by atoms with Crippen molar-refractivity contribution in [3.8, 4) is 0 Å². The van der Waals surface area contributed by atoms with E-state index in [9.17, 15) is 9.59 Å². The van der Waals surface area contributed by atoms with E-state index in [0.717, 1.165) is 11.3 Å². The Labute approximate surface area is 137 Å². The maximum Gasteiger partial charge on any atom is 0.409 e. The molecule has 1 heterocycles. The molecule has 2 rings (SSSR count). The van der Waals surface area contributed by atoms with Gasteiger partial charge < -0.3 is 19.9 Å². The summed E-state index contributed by atoms with van der Waals surface area (Å²) in [7, 11) is 0. The second-order valence-corrected chi connectivity index (χ2v) is 5.67. The molecule has 1 fully saturated rings. The molecule has 1 aliphatic rings. The van der Waals surface area contributed by atoms with Gasteiger partial charge in [-0.05, 0) is 38.0 Å². The molecular formula is C17H25N3O3. The maximum absolute atomic E-state index is 12.3. The van der Waals surface area contributed by atoms with Gasteiger partial charge in [0.25, 0.3) is 0 Å². The van der Waals surface area contributed by atoms with Crippen molar-refractivity contribution in [2.24, 2.45) is 0 Å². The van der Waals surface area contributed by atoms with Crippen molar-refractivity contribution in [3.05, 3.63) is 29.3 Å². The molecule has 1 saturated heterocycles. The zero-order chi connectivity index (χ0) is 16.8. The number of ether oxygens (including phenoxy) is 1. The highest BCUT2D eigenvalue weighted by molar-refractivity contribution is 5.81. The fourth-order valence-corrected chi connectivity index (χ4v) is 2.58. The Morgan fingerprint density at radius 3 is 2.43 bits per heavy atom. The van der Waals surface area contributed by atoms with Crippen molar-refractivity contribution < 1.29 is 14.3 Å². The number of nitrogens with zero attached hydrogens (tertiary/aromatic N) is 2. The standard InChI is InChI=1S/C17H25N3O3/c1-4-23-17(22)20-10-8-19(9-11-20)16(21)12-18-15-7-5-6-13(2)14(15)3/h5-7,18H,4,8-12H2,1-3H3. The Kier molecular flexibility index (Phi) is 5.84. The minimum atomic E-state index is -0.298. The van der Waals surface area contributed by atoms with E-state index >= 15 is 0 Å². The van der Waals surface area contributed by atoms with Gasteiger partial charge in [0.2, 0.25) is 5.91 Å². The van der Waals surface area contributed by atoms with E-state index in [2.05, 4.69) is 18.3 Å². The molecule has 23 heavy (non-hydrogen) atoms. The van der Waals surface area contributed by atoms with Crippen LogP contribution in [-0.4, -0.2) is 61.1 Å². The molecule has 126 valence electrons. The van der Waals surface area contributed by atoms with Crippen LogP contribution >= 0.6 is 0 Å². The third kappa shape index (κ3) is 4.37. The van der Waals surface area contributed by atoms with Crippen LogP contribution in [0, 0.1) is 13.8 Å². The lowest BCUT2D eigenvalue weighted by molar-refractivity contribution is -0.130. The number of rotatable bonds is 4. The summed E-state index contributed by atoms with van der Waals surface area (Å²) in [5, 5.41) is 3.21. The lowest BCUT2D eigenvalue weighted by atomic mass is 10.1. The number of aryl methyl sites for hydroxylation is 1. The van der Waals surface area contributed by atoms with Crippen LogP contribution in [0.4, 0.5) is 10.5 Å². The Morgan fingerprint density at radius 2 is 1.78 bits per heavy atom. The Hall–Kier alpha value is -2.24. The third-order valence-corrected chi connectivity index (χ3v) is 4.19. The van der Waals surface area contributed by atoms with Crippen LogP contribution in [0.3, 0.4) is 0 Å². The number of anilines is 1. The molecule has 2 amide bonds. The van der Waals surface area contributed by atoms with Gasteiger partial charge in [0.05, 0.1) is 13.2 Å². The first-order chi connectivity index (χ1) is 11.0. The average Bonchev–Trinajstić information content (AvgIpc) is 2.56. The van der Waals surface area contributed by atoms with Crippen molar-refractivity contribution in [1.29, 1.82) is 0 Å². The molecule has 6 nitrogen and oxygen atoms in total. The molecule has 0 bridgehead atoms. The molecular weight excluding hydrogens is 294 g/mol. The number of carbonyl (C=O) groups is 2. The third-order valence-electron chi connectivity index (χ3n) is 4.19. The van der Waals surface area contributed by atoms with Crippen LogP contribution in [-0.2, 0) is 9.53 Å². The van der Waals surface area contributed by atoms with Gasteiger partial charge in [-0.1, -0.05) is 12.1 Å². The van der Waals surface area contributed by atoms with E-state index in [4.69, 9.17) is 4.74 Å². The van der Waals surface area contributed by atoms with Crippen molar-refractivity contribution in [2.45, 2.75) is 20.8 Å². The minimum absolute atomic E-state index is 0.0504. The molecule has 0 aliphatic carbocycles. The predicted molar refractivity (Wildman–Crippen MR) is 89.6 cm³/mol. The monoisotopic (exact) mass is 319 g/mol. The van der Waals surface area contributed by atoms with Gasteiger partial charge in [-0.3, -0.25) is 4.79 Å². The summed E-state index contributed by atoms with van der Waals surface area (Å²) in [6.07, 6.45) is -0.298. The largest absolute Gasteiger partial charge is 0.450 e. The Balaban J connectivity index is 1.81. The van der Waals surface area contributed by atoms with Crippen LogP contribution in [0.1, 0.15) is 18.1 Å². The van der Waals surface area contributed by atoms with Crippen LogP contribution in [0.2, 0.25) is 0 Å². The van der Waals surface area contributed by atoms with Gasteiger partial charge in [-0.15, -0.1) is 0 Å². The Morgan fingerprint density at radius 1 is 1.13 bits per heavy atom. The number of piperazine rings is 1. The van der Waals surface area contributed by atoms with Crippen molar-refractivity contribution in [1.82, 2.24) is 9.80 Å². The SMILES string of the molecule is CCOC(=O)N1CCN(C(=O)CNc2cccc(C)c2C)CC1. The number of nitrogens with one attached hydrogen (secondary N) is 1. The van der Waals surface area contributed by atoms with E-state index in [1.54, 1.807) is 16.7 Å². The van der Waals surface area contributed by atoms with Gasteiger partial charge in [0, 0.05) is 31.9 Å². The lowest BCUT2D eigenvalue weighted by Crippen LogP contribution is -2.51. The van der Waals surface area contributed by atoms with Gasteiger partial charge in [-0.25, -0.2) is 4.79 Å². The summed E-state index contributed by atoms with van der Waals surface area (Å²) in [6, 6.07) is 6.01. The zero-order valence-corrected chi connectivity index (χ0v) is 14.1. The molecule has 1 aromatic carbocycles. The molecule has 0 spiro atoms. The van der Waals surface area contributed by atoms with Crippen LogP contribution < -0.4 is 5.32 Å². The van der Waals surface area contributed by atoms with Crippen LogP contribution in [0.25, 0.3) is 0 Å². The molecule has 1 aromatic rings. The molecule has 1 N–H and O–H groups in total. The van der Waals surface area contributed by atoms with Crippen molar-refractivity contribution >= 4 is 17.7 Å². The minimum Gasteiger partial charge on any atom is -0.450 e. The number of hydrogen-bond acceptors (Lipinski definition) is 4. The van der Waals surface area contributed by atoms with Crippen molar-refractivity contribution in [2.75, 3.05) is 44.6 Å². The fourth-order valence-electron chi connectivity index (χ4n) is 2.58. The summed E-state index contributed by atoms with van der Waals surface area (Å²) >= 11 is 0. The van der Waals surface area contributed by atoms with E-state index < -0.39 is 0 Å². The zero-order valence-electron chi connectivity index (χ0n) is 14.1. The molecule has 1 aliphatic heterocycles. The smallest absolute Gasteiger partial charge is 0.409 e. The second kappa shape index (κ2) is 7.85. The van der Waals surface area contributed by atoms with Gasteiger partial charge in [0.15, 0.2) is 0 Å². The summed E-state index contributed by atoms with van der Waals surface area (Å²) in [4.78, 5) is 27.4. The summed E-state index contributed by atoms with van der Waals surface area (Å²) in [5.74, 6) is 0.0504. The van der Waals surface area contributed by atoms with E-state index in [1.807, 2.05) is 19.1 Å². The highest BCUT2D eigenvalue weighted by Crippen LogP contribution is 2.17. The number of carbonyl (C=O) groups excluding carboxylic acids is 2. The van der Waals surface area contributed by atoms with Crippen LogP contribution in [0.15, 0.2) is 18.2 Å². The topological polar surface area (TPSA) is 61.9 Å². The summed E-state index contributed by atoms with van der Waals surface area (Å²) in [6.45, 7) is 8.66. The summed E-state index contributed by atoms with van der Waals surface area (Å²) < 4.78 is 4.98. The number of amides is 2. The fraction of sp³-hybridized carbons (Fsp3) is 0.529. The van der Waals surface area contributed by atoms with Crippen LogP contribution in [0.5, 0.6) is 0 Å². The normalized spacial score (nSPS) is 14.6. The average molecular weight is 319 g/mol. The Bertz CT molecular complexity index is 566. The molecule has 0 saturated carbocycles.